The maximum absolute atomic E-state index is 12.1. The fourth-order valence-corrected chi connectivity index (χ4v) is 3.19. The summed E-state index contributed by atoms with van der Waals surface area (Å²) in [5.74, 6) is -0.0532. The molecule has 102 valence electrons. The summed E-state index contributed by atoms with van der Waals surface area (Å²) in [7, 11) is 0. The van der Waals surface area contributed by atoms with Crippen LogP contribution in [0.1, 0.15) is 42.4 Å². The number of thiophene rings is 1. The Morgan fingerprint density at radius 3 is 2.84 bits per heavy atom. The van der Waals surface area contributed by atoms with E-state index >= 15 is 0 Å². The Bertz CT molecular complexity index is 591. The van der Waals surface area contributed by atoms with Crippen molar-refractivity contribution in [2.75, 3.05) is 0 Å². The zero-order chi connectivity index (χ0) is 14.0. The van der Waals surface area contributed by atoms with Gasteiger partial charge >= 0.3 is 0 Å². The van der Waals surface area contributed by atoms with E-state index in [0.717, 1.165) is 12.1 Å². The van der Waals surface area contributed by atoms with Gasteiger partial charge in [0.15, 0.2) is 5.78 Å². The summed E-state index contributed by atoms with van der Waals surface area (Å²) in [5.41, 5.74) is 1.23. The number of hydrogen-bond acceptors (Lipinski definition) is 3. The third-order valence-electron chi connectivity index (χ3n) is 3.00. The number of Topliss-reactive ketones (excluding diaryl/α,β-unsaturated/α-hetero) is 1. The van der Waals surface area contributed by atoms with Crippen molar-refractivity contribution in [3.05, 3.63) is 38.3 Å². The lowest BCUT2D eigenvalue weighted by atomic mass is 10.1. The highest BCUT2D eigenvalue weighted by atomic mass is 35.5. The third kappa shape index (κ3) is 3.38. The van der Waals surface area contributed by atoms with Crippen LogP contribution in [-0.2, 0) is 6.42 Å². The monoisotopic (exact) mass is 316 g/mol. The van der Waals surface area contributed by atoms with Crippen LogP contribution in [-0.4, -0.2) is 15.6 Å². The van der Waals surface area contributed by atoms with Crippen molar-refractivity contribution in [2.45, 2.75) is 32.7 Å². The van der Waals surface area contributed by atoms with E-state index in [9.17, 15) is 4.79 Å². The van der Waals surface area contributed by atoms with E-state index in [2.05, 4.69) is 18.9 Å². The first-order valence-corrected chi connectivity index (χ1v) is 7.60. The van der Waals surface area contributed by atoms with Crippen molar-refractivity contribution in [1.82, 2.24) is 9.78 Å². The molecule has 0 bridgehead atoms. The van der Waals surface area contributed by atoms with E-state index in [1.165, 1.54) is 11.3 Å². The Hall–Kier alpha value is -0.840. The number of aromatic nitrogens is 2. The molecule has 1 unspecified atom stereocenters. The summed E-state index contributed by atoms with van der Waals surface area (Å²) in [4.78, 5) is 12.1. The van der Waals surface area contributed by atoms with Gasteiger partial charge in [0.1, 0.15) is 4.34 Å². The predicted molar refractivity (Wildman–Crippen MR) is 79.6 cm³/mol. The highest BCUT2D eigenvalue weighted by molar-refractivity contribution is 7.20. The van der Waals surface area contributed by atoms with E-state index in [1.807, 2.05) is 16.9 Å². The summed E-state index contributed by atoms with van der Waals surface area (Å²) in [6, 6.07) is 3.82. The molecule has 0 saturated carbocycles. The Balaban J connectivity index is 2.11. The SMILES string of the molecule is CCC(C)n1ccc(CC(=O)c2cc(Cl)sc2Cl)n1. The molecule has 0 amide bonds. The van der Waals surface area contributed by atoms with Gasteiger partial charge in [0.05, 0.1) is 16.5 Å². The Morgan fingerprint density at radius 1 is 1.53 bits per heavy atom. The molecule has 3 nitrogen and oxygen atoms in total. The van der Waals surface area contributed by atoms with Gasteiger partial charge in [-0.15, -0.1) is 11.3 Å². The van der Waals surface area contributed by atoms with Crippen LogP contribution in [0.5, 0.6) is 0 Å². The smallest absolute Gasteiger partial charge is 0.171 e. The van der Waals surface area contributed by atoms with Crippen LogP contribution in [0.25, 0.3) is 0 Å². The molecule has 2 aromatic heterocycles. The number of rotatable bonds is 5. The average molecular weight is 317 g/mol. The fourth-order valence-electron chi connectivity index (χ4n) is 1.69. The summed E-state index contributed by atoms with van der Waals surface area (Å²) < 4.78 is 2.85. The Morgan fingerprint density at radius 2 is 2.26 bits per heavy atom. The number of nitrogens with zero attached hydrogens (tertiary/aromatic N) is 2. The molecular formula is C13H14Cl2N2OS. The molecule has 1 atom stereocenters. The Labute approximate surface area is 126 Å². The molecule has 0 aliphatic heterocycles. The highest BCUT2D eigenvalue weighted by Crippen LogP contribution is 2.31. The van der Waals surface area contributed by atoms with Crippen LogP contribution in [0.15, 0.2) is 18.3 Å². The largest absolute Gasteiger partial charge is 0.294 e. The zero-order valence-corrected chi connectivity index (χ0v) is 13.0. The van der Waals surface area contributed by atoms with Gasteiger partial charge in [-0.25, -0.2) is 0 Å². The molecule has 0 radical (unpaired) electrons. The van der Waals surface area contributed by atoms with Crippen LogP contribution < -0.4 is 0 Å². The second-order valence-corrected chi connectivity index (χ2v) is 6.67. The van der Waals surface area contributed by atoms with Gasteiger partial charge in [-0.3, -0.25) is 9.48 Å². The summed E-state index contributed by atoms with van der Waals surface area (Å²) >= 11 is 13.0. The predicted octanol–water partition coefficient (Wildman–Crippen LogP) is 4.65. The van der Waals surface area contributed by atoms with Gasteiger partial charge in [0.25, 0.3) is 0 Å². The minimum Gasteiger partial charge on any atom is -0.294 e. The van der Waals surface area contributed by atoms with E-state index in [0.29, 0.717) is 20.3 Å². The van der Waals surface area contributed by atoms with Crippen LogP contribution >= 0.6 is 34.5 Å². The first-order chi connectivity index (χ1) is 9.01. The van der Waals surface area contributed by atoms with Gasteiger partial charge in [-0.2, -0.15) is 5.10 Å². The molecule has 0 N–H and O–H groups in total. The van der Waals surface area contributed by atoms with Crippen LogP contribution in [0.4, 0.5) is 0 Å². The van der Waals surface area contributed by atoms with Crippen LogP contribution in [0.3, 0.4) is 0 Å². The van der Waals surface area contributed by atoms with Crippen molar-refractivity contribution in [2.24, 2.45) is 0 Å². The lowest BCUT2D eigenvalue weighted by Gasteiger charge is -2.07. The van der Waals surface area contributed by atoms with Crippen molar-refractivity contribution in [1.29, 1.82) is 0 Å². The first-order valence-electron chi connectivity index (χ1n) is 6.03. The maximum Gasteiger partial charge on any atom is 0.171 e. The summed E-state index contributed by atoms with van der Waals surface area (Å²) in [6.45, 7) is 4.19. The van der Waals surface area contributed by atoms with Crippen molar-refractivity contribution < 1.29 is 4.79 Å². The maximum atomic E-state index is 12.1. The third-order valence-corrected chi connectivity index (χ3v) is 4.49. The minimum absolute atomic E-state index is 0.0532. The lowest BCUT2D eigenvalue weighted by Crippen LogP contribution is -2.07. The molecule has 0 fully saturated rings. The zero-order valence-electron chi connectivity index (χ0n) is 10.7. The van der Waals surface area contributed by atoms with Crippen molar-refractivity contribution in [3.63, 3.8) is 0 Å². The number of carbonyl (C=O) groups excluding carboxylic acids is 1. The quantitative estimate of drug-likeness (QED) is 0.753. The standard InChI is InChI=1S/C13H14Cl2N2OS/c1-3-8(2)17-5-4-9(16-17)6-11(18)10-7-12(14)19-13(10)15/h4-5,7-8H,3,6H2,1-2H3. The summed E-state index contributed by atoms with van der Waals surface area (Å²) in [6.07, 6.45) is 3.15. The van der Waals surface area contributed by atoms with E-state index in [1.54, 1.807) is 6.07 Å². The van der Waals surface area contributed by atoms with E-state index < -0.39 is 0 Å². The number of ketones is 1. The molecule has 0 aromatic carbocycles. The van der Waals surface area contributed by atoms with Gasteiger partial charge in [0.2, 0.25) is 0 Å². The summed E-state index contributed by atoms with van der Waals surface area (Å²) in [5, 5.41) is 4.41. The molecule has 2 rings (SSSR count). The van der Waals surface area contributed by atoms with Gasteiger partial charge in [0, 0.05) is 17.8 Å². The topological polar surface area (TPSA) is 34.9 Å². The average Bonchev–Trinajstić information content (AvgIpc) is 2.95. The fraction of sp³-hybridized carbons (Fsp3) is 0.385. The first kappa shape index (κ1) is 14.6. The second-order valence-electron chi connectivity index (χ2n) is 4.38. The van der Waals surface area contributed by atoms with Crippen LogP contribution in [0.2, 0.25) is 8.67 Å². The minimum atomic E-state index is -0.0532. The second kappa shape index (κ2) is 6.07. The molecule has 6 heteroatoms. The molecule has 0 aliphatic carbocycles. The lowest BCUT2D eigenvalue weighted by molar-refractivity contribution is 0.0992. The molecule has 0 spiro atoms. The molecule has 2 heterocycles. The van der Waals surface area contributed by atoms with Crippen LogP contribution in [0, 0.1) is 0 Å². The molecule has 19 heavy (non-hydrogen) atoms. The number of hydrogen-bond donors (Lipinski definition) is 0. The highest BCUT2D eigenvalue weighted by Gasteiger charge is 2.16. The number of halogens is 2. The van der Waals surface area contributed by atoms with Crippen molar-refractivity contribution >= 4 is 40.3 Å². The molecule has 0 aliphatic rings. The Kier molecular flexibility index (Phi) is 4.66. The van der Waals surface area contributed by atoms with E-state index in [4.69, 9.17) is 23.2 Å². The number of carbonyl (C=O) groups is 1. The van der Waals surface area contributed by atoms with Gasteiger partial charge in [-0.05, 0) is 25.5 Å². The van der Waals surface area contributed by atoms with Gasteiger partial charge < -0.3 is 0 Å². The van der Waals surface area contributed by atoms with Crippen molar-refractivity contribution in [3.8, 4) is 0 Å². The molecular weight excluding hydrogens is 303 g/mol. The molecule has 0 saturated heterocycles. The van der Waals surface area contributed by atoms with E-state index in [-0.39, 0.29) is 12.2 Å². The molecule has 2 aromatic rings. The normalized spacial score (nSPS) is 12.6. The van der Waals surface area contributed by atoms with Gasteiger partial charge in [-0.1, -0.05) is 30.1 Å².